The van der Waals surface area contributed by atoms with Crippen LogP contribution in [0.2, 0.25) is 0 Å². The van der Waals surface area contributed by atoms with E-state index in [4.69, 9.17) is 0 Å². The lowest BCUT2D eigenvalue weighted by Crippen LogP contribution is -2.50. The Kier molecular flexibility index (Phi) is 4.73. The maximum Gasteiger partial charge on any atom is 0.258 e. The maximum atomic E-state index is 12.7. The molecule has 5 heterocycles. The number of pyridine rings is 2. The molecule has 32 heavy (non-hydrogen) atoms. The van der Waals surface area contributed by atoms with Crippen LogP contribution in [0.1, 0.15) is 31.0 Å². The second-order valence-electron chi connectivity index (χ2n) is 8.14. The number of fused-ring (bicyclic) bond motifs is 1. The van der Waals surface area contributed by atoms with Crippen molar-refractivity contribution in [3.05, 3.63) is 59.8 Å². The zero-order valence-corrected chi connectivity index (χ0v) is 18.1. The SMILES string of the molecule is CC(=O)N1CC(n2ccc(N/C(C)=C3\C(=O)Nc4cnc(-c5cnccc5C)cc43)n2)C1. The number of carbonyl (C=O) groups excluding carboxylic acids is 2. The molecular formula is C23H23N7O2. The van der Waals surface area contributed by atoms with Gasteiger partial charge < -0.3 is 15.5 Å². The van der Waals surface area contributed by atoms with E-state index in [9.17, 15) is 9.59 Å². The monoisotopic (exact) mass is 429 g/mol. The Labute approximate surface area is 185 Å². The summed E-state index contributed by atoms with van der Waals surface area (Å²) < 4.78 is 1.86. The third kappa shape index (κ3) is 3.41. The molecule has 3 aromatic heterocycles. The van der Waals surface area contributed by atoms with Crippen LogP contribution >= 0.6 is 0 Å². The van der Waals surface area contributed by atoms with Gasteiger partial charge in [-0.3, -0.25) is 24.2 Å². The average molecular weight is 429 g/mol. The van der Waals surface area contributed by atoms with Crippen LogP contribution in [0.15, 0.2) is 48.7 Å². The van der Waals surface area contributed by atoms with E-state index >= 15 is 0 Å². The number of hydrogen-bond donors (Lipinski definition) is 2. The van der Waals surface area contributed by atoms with E-state index in [2.05, 4.69) is 25.7 Å². The van der Waals surface area contributed by atoms with Gasteiger partial charge in [0.15, 0.2) is 5.82 Å². The highest BCUT2D eigenvalue weighted by molar-refractivity contribution is 6.32. The van der Waals surface area contributed by atoms with Gasteiger partial charge in [-0.1, -0.05) is 0 Å². The first-order valence-corrected chi connectivity index (χ1v) is 10.4. The van der Waals surface area contributed by atoms with Gasteiger partial charge >= 0.3 is 0 Å². The predicted octanol–water partition coefficient (Wildman–Crippen LogP) is 2.85. The number of allylic oxidation sites excluding steroid dienone is 1. The summed E-state index contributed by atoms with van der Waals surface area (Å²) in [5.74, 6) is 0.547. The van der Waals surface area contributed by atoms with Gasteiger partial charge in [0.05, 0.1) is 29.2 Å². The van der Waals surface area contributed by atoms with E-state index in [1.165, 1.54) is 0 Å². The summed E-state index contributed by atoms with van der Waals surface area (Å²) in [6.45, 7) is 6.76. The van der Waals surface area contributed by atoms with Gasteiger partial charge in [0, 0.05) is 61.5 Å². The molecule has 2 N–H and O–H groups in total. The molecule has 2 aliphatic heterocycles. The standard InChI is InChI=1S/C23H23N7O2/c1-13-4-6-24-9-18(13)19-8-17-20(10-25-19)27-23(32)22(17)14(2)26-21-5-7-30(28-21)16-11-29(12-16)15(3)31/h4-10,16H,11-12H2,1-3H3,(H,26,28)(H,27,32)/b22-14-. The summed E-state index contributed by atoms with van der Waals surface area (Å²) in [5, 5.41) is 10.7. The Morgan fingerprint density at radius 2 is 2.00 bits per heavy atom. The first-order valence-electron chi connectivity index (χ1n) is 10.4. The van der Waals surface area contributed by atoms with Crippen molar-refractivity contribution >= 4 is 28.9 Å². The Morgan fingerprint density at radius 1 is 1.19 bits per heavy atom. The molecular weight excluding hydrogens is 406 g/mol. The normalized spacial score (nSPS) is 17.0. The fourth-order valence-electron chi connectivity index (χ4n) is 4.06. The molecule has 5 rings (SSSR count). The first kappa shape index (κ1) is 19.9. The highest BCUT2D eigenvalue weighted by Gasteiger charge is 2.31. The van der Waals surface area contributed by atoms with E-state index in [0.717, 1.165) is 22.4 Å². The molecule has 2 amide bonds. The molecule has 0 saturated carbocycles. The lowest BCUT2D eigenvalue weighted by molar-refractivity contribution is -0.134. The third-order valence-electron chi connectivity index (χ3n) is 5.94. The molecule has 0 radical (unpaired) electrons. The Bertz CT molecular complexity index is 1270. The number of hydrogen-bond acceptors (Lipinski definition) is 6. The molecule has 0 unspecified atom stereocenters. The van der Waals surface area contributed by atoms with E-state index in [1.807, 2.05) is 42.9 Å². The number of carbonyl (C=O) groups is 2. The fourth-order valence-corrected chi connectivity index (χ4v) is 4.06. The molecule has 1 fully saturated rings. The first-order chi connectivity index (χ1) is 15.4. The molecule has 0 aliphatic carbocycles. The van der Waals surface area contributed by atoms with Gasteiger partial charge in [-0.05, 0) is 31.5 Å². The van der Waals surface area contributed by atoms with Crippen molar-refractivity contribution in [2.24, 2.45) is 0 Å². The van der Waals surface area contributed by atoms with E-state index in [1.54, 1.807) is 30.4 Å². The molecule has 0 bridgehead atoms. The molecule has 3 aromatic rings. The number of rotatable bonds is 4. The number of nitrogens with one attached hydrogen (secondary N) is 2. The maximum absolute atomic E-state index is 12.7. The minimum atomic E-state index is -0.178. The minimum absolute atomic E-state index is 0.0774. The van der Waals surface area contributed by atoms with Crippen molar-refractivity contribution in [1.82, 2.24) is 24.6 Å². The van der Waals surface area contributed by atoms with Crippen LogP contribution in [0, 0.1) is 6.92 Å². The Morgan fingerprint density at radius 3 is 2.75 bits per heavy atom. The summed E-state index contributed by atoms with van der Waals surface area (Å²) in [6.07, 6.45) is 7.10. The van der Waals surface area contributed by atoms with Crippen molar-refractivity contribution in [3.63, 3.8) is 0 Å². The van der Waals surface area contributed by atoms with Gasteiger partial charge in [0.2, 0.25) is 5.91 Å². The van der Waals surface area contributed by atoms with Gasteiger partial charge in [0.25, 0.3) is 5.91 Å². The van der Waals surface area contributed by atoms with E-state index < -0.39 is 0 Å². The average Bonchev–Trinajstić information content (AvgIpc) is 3.29. The van der Waals surface area contributed by atoms with Gasteiger partial charge in [-0.2, -0.15) is 5.10 Å². The van der Waals surface area contributed by atoms with Crippen molar-refractivity contribution < 1.29 is 9.59 Å². The predicted molar refractivity (Wildman–Crippen MR) is 121 cm³/mol. The highest BCUT2D eigenvalue weighted by Crippen LogP contribution is 2.36. The van der Waals surface area contributed by atoms with Crippen LogP contribution in [0.25, 0.3) is 16.8 Å². The second kappa shape index (κ2) is 7.60. The Hall–Kier alpha value is -4.01. The van der Waals surface area contributed by atoms with E-state index in [-0.39, 0.29) is 17.9 Å². The van der Waals surface area contributed by atoms with Crippen LogP contribution in [-0.4, -0.2) is 49.6 Å². The van der Waals surface area contributed by atoms with E-state index in [0.29, 0.717) is 35.9 Å². The van der Waals surface area contributed by atoms with Crippen LogP contribution in [0.3, 0.4) is 0 Å². The molecule has 0 spiro atoms. The molecule has 0 aromatic carbocycles. The number of aryl methyl sites for hydroxylation is 1. The van der Waals surface area contributed by atoms with Gasteiger partial charge in [-0.15, -0.1) is 0 Å². The van der Waals surface area contributed by atoms with Crippen molar-refractivity contribution in [3.8, 4) is 11.3 Å². The topological polar surface area (TPSA) is 105 Å². The zero-order chi connectivity index (χ0) is 22.4. The van der Waals surface area contributed by atoms with Gasteiger partial charge in [-0.25, -0.2) is 0 Å². The number of likely N-dealkylation sites (tertiary alicyclic amines) is 1. The second-order valence-corrected chi connectivity index (χ2v) is 8.14. The molecule has 2 aliphatic rings. The lowest BCUT2D eigenvalue weighted by atomic mass is 10.0. The highest BCUT2D eigenvalue weighted by atomic mass is 16.2. The van der Waals surface area contributed by atoms with Crippen molar-refractivity contribution in [2.45, 2.75) is 26.8 Å². The Balaban J connectivity index is 1.41. The molecule has 162 valence electrons. The third-order valence-corrected chi connectivity index (χ3v) is 5.94. The largest absolute Gasteiger partial charge is 0.342 e. The van der Waals surface area contributed by atoms with Gasteiger partial charge in [0.1, 0.15) is 0 Å². The van der Waals surface area contributed by atoms with Crippen molar-refractivity contribution in [2.75, 3.05) is 23.7 Å². The van der Waals surface area contributed by atoms with Crippen LogP contribution in [0.5, 0.6) is 0 Å². The zero-order valence-electron chi connectivity index (χ0n) is 18.1. The summed E-state index contributed by atoms with van der Waals surface area (Å²) in [6, 6.07) is 5.90. The lowest BCUT2D eigenvalue weighted by Gasteiger charge is -2.38. The number of amides is 2. The summed E-state index contributed by atoms with van der Waals surface area (Å²) >= 11 is 0. The summed E-state index contributed by atoms with van der Waals surface area (Å²) in [4.78, 5) is 34.6. The molecule has 9 nitrogen and oxygen atoms in total. The molecule has 9 heteroatoms. The molecule has 0 atom stereocenters. The van der Waals surface area contributed by atoms with Crippen LogP contribution in [0.4, 0.5) is 11.5 Å². The van der Waals surface area contributed by atoms with Crippen molar-refractivity contribution in [1.29, 1.82) is 0 Å². The van der Waals surface area contributed by atoms with Crippen LogP contribution < -0.4 is 10.6 Å². The van der Waals surface area contributed by atoms with Crippen LogP contribution in [-0.2, 0) is 9.59 Å². The number of nitrogens with zero attached hydrogens (tertiary/aromatic N) is 5. The minimum Gasteiger partial charge on any atom is -0.342 e. The molecule has 1 saturated heterocycles. The number of aromatic nitrogens is 4. The summed E-state index contributed by atoms with van der Waals surface area (Å²) in [5.41, 5.74) is 5.50. The summed E-state index contributed by atoms with van der Waals surface area (Å²) in [7, 11) is 0. The fraction of sp³-hybridized carbons (Fsp3) is 0.261. The smallest absolute Gasteiger partial charge is 0.258 e. The quantitative estimate of drug-likeness (QED) is 0.618. The number of anilines is 2.